The van der Waals surface area contributed by atoms with Crippen LogP contribution >= 0.6 is 11.6 Å². The van der Waals surface area contributed by atoms with Gasteiger partial charge in [0.1, 0.15) is 0 Å². The standard InChI is InChI=1S/C12H15ClN4/c1-9-12(6-7-14)15-16-17(9)8-10-4-2-3-5-11(10)13/h2-5H,6-8,14H2,1H3. The molecule has 0 bridgehead atoms. The first-order valence-corrected chi connectivity index (χ1v) is 5.92. The molecule has 0 unspecified atom stereocenters. The minimum absolute atomic E-state index is 0.589. The molecule has 2 N–H and O–H groups in total. The van der Waals surface area contributed by atoms with Crippen molar-refractivity contribution >= 4 is 11.6 Å². The van der Waals surface area contributed by atoms with E-state index >= 15 is 0 Å². The van der Waals surface area contributed by atoms with Gasteiger partial charge < -0.3 is 5.73 Å². The van der Waals surface area contributed by atoms with Crippen LogP contribution in [0.15, 0.2) is 24.3 Å². The van der Waals surface area contributed by atoms with Gasteiger partial charge in [-0.1, -0.05) is 35.0 Å². The van der Waals surface area contributed by atoms with Crippen molar-refractivity contribution in [1.82, 2.24) is 15.0 Å². The predicted molar refractivity (Wildman–Crippen MR) is 68.1 cm³/mol. The number of nitrogens with two attached hydrogens (primary N) is 1. The van der Waals surface area contributed by atoms with E-state index in [2.05, 4.69) is 10.3 Å². The zero-order chi connectivity index (χ0) is 12.3. The lowest BCUT2D eigenvalue weighted by molar-refractivity contribution is 0.633. The average molecular weight is 251 g/mol. The lowest BCUT2D eigenvalue weighted by Crippen LogP contribution is -2.07. The number of halogens is 1. The molecule has 0 aliphatic heterocycles. The summed E-state index contributed by atoms with van der Waals surface area (Å²) < 4.78 is 1.85. The lowest BCUT2D eigenvalue weighted by atomic mass is 10.2. The highest BCUT2D eigenvalue weighted by molar-refractivity contribution is 6.31. The van der Waals surface area contributed by atoms with Crippen molar-refractivity contribution in [2.45, 2.75) is 19.9 Å². The zero-order valence-electron chi connectivity index (χ0n) is 9.73. The quantitative estimate of drug-likeness (QED) is 0.900. The molecule has 0 fully saturated rings. The highest BCUT2D eigenvalue weighted by atomic mass is 35.5. The van der Waals surface area contributed by atoms with Crippen LogP contribution in [0.3, 0.4) is 0 Å². The number of hydrogen-bond donors (Lipinski definition) is 1. The first-order valence-electron chi connectivity index (χ1n) is 5.55. The largest absolute Gasteiger partial charge is 0.330 e. The van der Waals surface area contributed by atoms with Gasteiger partial charge in [0, 0.05) is 11.4 Å². The fourth-order valence-corrected chi connectivity index (χ4v) is 1.90. The Hall–Kier alpha value is -1.39. The van der Waals surface area contributed by atoms with Gasteiger partial charge in [0.2, 0.25) is 0 Å². The molecule has 1 aromatic heterocycles. The highest BCUT2D eigenvalue weighted by Gasteiger charge is 2.09. The van der Waals surface area contributed by atoms with E-state index < -0.39 is 0 Å². The maximum Gasteiger partial charge on any atom is 0.0868 e. The summed E-state index contributed by atoms with van der Waals surface area (Å²) in [5.41, 5.74) is 8.57. The molecule has 1 aromatic carbocycles. The van der Waals surface area contributed by atoms with Gasteiger partial charge in [0.25, 0.3) is 0 Å². The molecular formula is C12H15ClN4. The summed E-state index contributed by atoms with van der Waals surface area (Å²) in [5, 5.41) is 9.00. The molecule has 0 saturated heterocycles. The molecule has 2 aromatic rings. The van der Waals surface area contributed by atoms with Gasteiger partial charge >= 0.3 is 0 Å². The maximum atomic E-state index is 6.11. The molecule has 0 spiro atoms. The Morgan fingerprint density at radius 1 is 1.35 bits per heavy atom. The Bertz CT molecular complexity index is 507. The molecule has 0 saturated carbocycles. The lowest BCUT2D eigenvalue weighted by Gasteiger charge is -2.05. The summed E-state index contributed by atoms with van der Waals surface area (Å²) in [6.45, 7) is 3.23. The van der Waals surface area contributed by atoms with E-state index in [9.17, 15) is 0 Å². The molecule has 17 heavy (non-hydrogen) atoms. The number of hydrogen-bond acceptors (Lipinski definition) is 3. The van der Waals surface area contributed by atoms with Crippen LogP contribution in [0.25, 0.3) is 0 Å². The fraction of sp³-hybridized carbons (Fsp3) is 0.333. The second-order valence-electron chi connectivity index (χ2n) is 3.91. The first-order chi connectivity index (χ1) is 8.22. The van der Waals surface area contributed by atoms with Gasteiger partial charge in [-0.3, -0.25) is 0 Å². The fourth-order valence-electron chi connectivity index (χ4n) is 1.70. The number of nitrogens with zero attached hydrogens (tertiary/aromatic N) is 3. The molecule has 90 valence electrons. The van der Waals surface area contributed by atoms with Crippen molar-refractivity contribution in [3.8, 4) is 0 Å². The molecular weight excluding hydrogens is 236 g/mol. The molecule has 1 heterocycles. The summed E-state index contributed by atoms with van der Waals surface area (Å²) in [4.78, 5) is 0. The summed E-state index contributed by atoms with van der Waals surface area (Å²) >= 11 is 6.11. The van der Waals surface area contributed by atoms with E-state index in [4.69, 9.17) is 17.3 Å². The average Bonchev–Trinajstić information content (AvgIpc) is 2.65. The van der Waals surface area contributed by atoms with Gasteiger partial charge in [0.05, 0.1) is 17.9 Å². The summed E-state index contributed by atoms with van der Waals surface area (Å²) in [5.74, 6) is 0. The Balaban J connectivity index is 2.22. The Morgan fingerprint density at radius 3 is 2.82 bits per heavy atom. The van der Waals surface area contributed by atoms with Crippen LogP contribution < -0.4 is 5.73 Å². The number of rotatable bonds is 4. The second-order valence-corrected chi connectivity index (χ2v) is 4.32. The maximum absolute atomic E-state index is 6.11. The molecule has 0 aliphatic carbocycles. The molecule has 0 amide bonds. The van der Waals surface area contributed by atoms with Crippen LogP contribution in [-0.4, -0.2) is 21.5 Å². The van der Waals surface area contributed by atoms with Gasteiger partial charge in [-0.2, -0.15) is 0 Å². The van der Waals surface area contributed by atoms with Crippen molar-refractivity contribution in [2.24, 2.45) is 5.73 Å². The van der Waals surface area contributed by atoms with Crippen LogP contribution in [0.4, 0.5) is 0 Å². The van der Waals surface area contributed by atoms with E-state index in [1.165, 1.54) is 0 Å². The molecule has 5 heteroatoms. The van der Waals surface area contributed by atoms with Crippen molar-refractivity contribution in [3.63, 3.8) is 0 Å². The summed E-state index contributed by atoms with van der Waals surface area (Å²) in [6, 6.07) is 7.75. The molecule has 4 nitrogen and oxygen atoms in total. The molecule has 0 atom stereocenters. The number of aromatic nitrogens is 3. The Labute approximate surface area is 105 Å². The van der Waals surface area contributed by atoms with E-state index in [0.717, 1.165) is 28.4 Å². The van der Waals surface area contributed by atoms with Crippen LogP contribution in [0.5, 0.6) is 0 Å². The molecule has 2 rings (SSSR count). The van der Waals surface area contributed by atoms with Crippen molar-refractivity contribution in [3.05, 3.63) is 46.2 Å². The van der Waals surface area contributed by atoms with Gasteiger partial charge in [-0.05, 0) is 25.1 Å². The van der Waals surface area contributed by atoms with Gasteiger partial charge in [-0.25, -0.2) is 4.68 Å². The highest BCUT2D eigenvalue weighted by Crippen LogP contribution is 2.17. The SMILES string of the molecule is Cc1c(CCN)nnn1Cc1ccccc1Cl. The van der Waals surface area contributed by atoms with E-state index in [1.807, 2.05) is 35.9 Å². The van der Waals surface area contributed by atoms with E-state index in [0.29, 0.717) is 13.1 Å². The zero-order valence-corrected chi connectivity index (χ0v) is 10.5. The van der Waals surface area contributed by atoms with Crippen LogP contribution in [-0.2, 0) is 13.0 Å². The predicted octanol–water partition coefficient (Wildman–Crippen LogP) is 1.79. The van der Waals surface area contributed by atoms with Gasteiger partial charge in [0.15, 0.2) is 0 Å². The number of benzene rings is 1. The monoisotopic (exact) mass is 250 g/mol. The Morgan fingerprint density at radius 2 is 2.12 bits per heavy atom. The van der Waals surface area contributed by atoms with Gasteiger partial charge in [-0.15, -0.1) is 5.10 Å². The third kappa shape index (κ3) is 2.65. The summed E-state index contributed by atoms with van der Waals surface area (Å²) in [7, 11) is 0. The third-order valence-corrected chi connectivity index (χ3v) is 3.11. The van der Waals surface area contributed by atoms with Crippen LogP contribution in [0.1, 0.15) is 17.0 Å². The minimum Gasteiger partial charge on any atom is -0.330 e. The second kappa shape index (κ2) is 5.29. The first kappa shape index (κ1) is 12.1. The van der Waals surface area contributed by atoms with Crippen LogP contribution in [0.2, 0.25) is 5.02 Å². The minimum atomic E-state index is 0.589. The van der Waals surface area contributed by atoms with Crippen LogP contribution in [0, 0.1) is 6.92 Å². The normalized spacial score (nSPS) is 10.8. The smallest absolute Gasteiger partial charge is 0.0868 e. The Kier molecular flexibility index (Phi) is 3.76. The summed E-state index contributed by atoms with van der Waals surface area (Å²) in [6.07, 6.45) is 0.758. The van der Waals surface area contributed by atoms with Crippen molar-refractivity contribution in [2.75, 3.05) is 6.54 Å². The van der Waals surface area contributed by atoms with E-state index in [-0.39, 0.29) is 0 Å². The molecule has 0 aliphatic rings. The molecule has 0 radical (unpaired) electrons. The van der Waals surface area contributed by atoms with Crippen molar-refractivity contribution < 1.29 is 0 Å². The van der Waals surface area contributed by atoms with E-state index in [1.54, 1.807) is 0 Å². The third-order valence-electron chi connectivity index (χ3n) is 2.74. The topological polar surface area (TPSA) is 56.7 Å². The van der Waals surface area contributed by atoms with Crippen molar-refractivity contribution in [1.29, 1.82) is 0 Å².